The standard InChI is InChI=1S/C15H24/c1-5-12(2)6-9-14(4)15-10-7-13(3)8-11-15/h5-7,9-10,13-15H,8,11H2,1-4H3/b9-6-,12-5-. The van der Waals surface area contributed by atoms with Crippen LogP contribution in [0.15, 0.2) is 36.0 Å². The highest BCUT2D eigenvalue weighted by atomic mass is 14.2. The minimum Gasteiger partial charge on any atom is -0.0854 e. The van der Waals surface area contributed by atoms with Crippen molar-refractivity contribution >= 4 is 0 Å². The normalized spacial score (nSPS) is 29.7. The van der Waals surface area contributed by atoms with Crippen LogP contribution in [0.3, 0.4) is 0 Å². The summed E-state index contributed by atoms with van der Waals surface area (Å²) < 4.78 is 0. The van der Waals surface area contributed by atoms with Crippen molar-refractivity contribution < 1.29 is 0 Å². The van der Waals surface area contributed by atoms with Gasteiger partial charge in [-0.25, -0.2) is 0 Å². The van der Waals surface area contributed by atoms with Crippen LogP contribution in [0.1, 0.15) is 40.5 Å². The van der Waals surface area contributed by atoms with Crippen molar-refractivity contribution in [1.29, 1.82) is 0 Å². The lowest BCUT2D eigenvalue weighted by Crippen LogP contribution is -2.12. The molecule has 0 heteroatoms. The van der Waals surface area contributed by atoms with Crippen molar-refractivity contribution in [2.75, 3.05) is 0 Å². The second kappa shape index (κ2) is 5.95. The van der Waals surface area contributed by atoms with E-state index in [2.05, 4.69) is 58.1 Å². The largest absolute Gasteiger partial charge is 0.0854 e. The Balaban J connectivity index is 2.51. The summed E-state index contributed by atoms with van der Waals surface area (Å²) in [6, 6.07) is 0. The van der Waals surface area contributed by atoms with Gasteiger partial charge in [-0.3, -0.25) is 0 Å². The van der Waals surface area contributed by atoms with Crippen LogP contribution in [-0.4, -0.2) is 0 Å². The highest BCUT2D eigenvalue weighted by Crippen LogP contribution is 2.28. The van der Waals surface area contributed by atoms with E-state index in [1.165, 1.54) is 18.4 Å². The quantitative estimate of drug-likeness (QED) is 0.460. The lowest BCUT2D eigenvalue weighted by molar-refractivity contribution is 0.410. The second-order valence-corrected chi connectivity index (χ2v) is 4.85. The molecule has 1 rings (SSSR count). The first-order valence-corrected chi connectivity index (χ1v) is 6.13. The van der Waals surface area contributed by atoms with Crippen molar-refractivity contribution in [3.8, 4) is 0 Å². The average Bonchev–Trinajstić information content (AvgIpc) is 2.26. The summed E-state index contributed by atoms with van der Waals surface area (Å²) in [7, 11) is 0. The zero-order chi connectivity index (χ0) is 11.3. The fraction of sp³-hybridized carbons (Fsp3) is 0.600. The lowest BCUT2D eigenvalue weighted by atomic mass is 9.82. The molecule has 3 unspecified atom stereocenters. The molecule has 1 aliphatic rings. The molecule has 0 saturated carbocycles. The number of hydrogen-bond acceptors (Lipinski definition) is 0. The van der Waals surface area contributed by atoms with Crippen molar-refractivity contribution in [2.45, 2.75) is 40.5 Å². The molecule has 15 heavy (non-hydrogen) atoms. The van der Waals surface area contributed by atoms with Gasteiger partial charge in [0.15, 0.2) is 0 Å². The molecular formula is C15H24. The zero-order valence-electron chi connectivity index (χ0n) is 10.5. The third-order valence-electron chi connectivity index (χ3n) is 3.44. The van der Waals surface area contributed by atoms with Crippen LogP contribution in [0.25, 0.3) is 0 Å². The van der Waals surface area contributed by atoms with E-state index >= 15 is 0 Å². The van der Waals surface area contributed by atoms with Gasteiger partial charge in [0.1, 0.15) is 0 Å². The van der Waals surface area contributed by atoms with Crippen LogP contribution in [0.2, 0.25) is 0 Å². The fourth-order valence-corrected chi connectivity index (χ4v) is 1.96. The Kier molecular flexibility index (Phi) is 4.87. The fourth-order valence-electron chi connectivity index (χ4n) is 1.96. The maximum atomic E-state index is 2.41. The molecule has 0 aliphatic heterocycles. The third kappa shape index (κ3) is 4.07. The molecule has 0 nitrogen and oxygen atoms in total. The SMILES string of the molecule is C/C=C(C)\C=C/C(C)C1C=CC(C)CC1. The van der Waals surface area contributed by atoms with Crippen LogP contribution >= 0.6 is 0 Å². The summed E-state index contributed by atoms with van der Waals surface area (Å²) in [5.74, 6) is 2.21. The van der Waals surface area contributed by atoms with Gasteiger partial charge in [-0.15, -0.1) is 0 Å². The van der Waals surface area contributed by atoms with Gasteiger partial charge in [-0.2, -0.15) is 0 Å². The molecule has 0 bridgehead atoms. The van der Waals surface area contributed by atoms with E-state index in [1.807, 2.05) is 0 Å². The van der Waals surface area contributed by atoms with Crippen LogP contribution < -0.4 is 0 Å². The Hall–Kier alpha value is -0.780. The van der Waals surface area contributed by atoms with E-state index in [9.17, 15) is 0 Å². The van der Waals surface area contributed by atoms with Gasteiger partial charge in [-0.1, -0.05) is 49.8 Å². The molecule has 0 aromatic carbocycles. The monoisotopic (exact) mass is 204 g/mol. The Labute approximate surface area is 94.8 Å². The van der Waals surface area contributed by atoms with E-state index in [0.717, 1.165) is 11.8 Å². The summed E-state index contributed by atoms with van der Waals surface area (Å²) in [6.07, 6.45) is 14.2. The predicted molar refractivity (Wildman–Crippen MR) is 68.8 cm³/mol. The van der Waals surface area contributed by atoms with Crippen molar-refractivity contribution in [1.82, 2.24) is 0 Å². The molecule has 1 aliphatic carbocycles. The van der Waals surface area contributed by atoms with Crippen LogP contribution in [-0.2, 0) is 0 Å². The molecule has 0 saturated heterocycles. The molecule has 0 aromatic rings. The second-order valence-electron chi connectivity index (χ2n) is 4.85. The molecule has 0 heterocycles. The van der Waals surface area contributed by atoms with Crippen LogP contribution in [0, 0.1) is 17.8 Å². The molecule has 0 spiro atoms. The summed E-state index contributed by atoms with van der Waals surface area (Å²) >= 11 is 0. The number of allylic oxidation sites excluding steroid dienone is 6. The van der Waals surface area contributed by atoms with Crippen LogP contribution in [0.5, 0.6) is 0 Å². The summed E-state index contributed by atoms with van der Waals surface area (Å²) in [4.78, 5) is 0. The van der Waals surface area contributed by atoms with Crippen molar-refractivity contribution in [3.63, 3.8) is 0 Å². The Morgan fingerprint density at radius 1 is 1.33 bits per heavy atom. The zero-order valence-corrected chi connectivity index (χ0v) is 10.5. The summed E-state index contributed by atoms with van der Waals surface area (Å²) in [5, 5.41) is 0. The Bertz CT molecular complexity index is 268. The van der Waals surface area contributed by atoms with E-state index in [1.54, 1.807) is 0 Å². The molecular weight excluding hydrogens is 180 g/mol. The minimum absolute atomic E-state index is 0.670. The van der Waals surface area contributed by atoms with Gasteiger partial charge in [0.25, 0.3) is 0 Å². The molecule has 84 valence electrons. The lowest BCUT2D eigenvalue weighted by Gasteiger charge is -2.23. The van der Waals surface area contributed by atoms with Gasteiger partial charge in [0, 0.05) is 0 Å². The summed E-state index contributed by atoms with van der Waals surface area (Å²) in [5.41, 5.74) is 1.36. The van der Waals surface area contributed by atoms with Gasteiger partial charge in [0.2, 0.25) is 0 Å². The molecule has 0 radical (unpaired) electrons. The van der Waals surface area contributed by atoms with Gasteiger partial charge >= 0.3 is 0 Å². The highest BCUT2D eigenvalue weighted by Gasteiger charge is 2.16. The van der Waals surface area contributed by atoms with Crippen LogP contribution in [0.4, 0.5) is 0 Å². The van der Waals surface area contributed by atoms with Gasteiger partial charge in [0.05, 0.1) is 0 Å². The first-order valence-electron chi connectivity index (χ1n) is 6.13. The maximum Gasteiger partial charge on any atom is -0.0173 e. The molecule has 0 amide bonds. The highest BCUT2D eigenvalue weighted by molar-refractivity contribution is 5.16. The van der Waals surface area contributed by atoms with Gasteiger partial charge < -0.3 is 0 Å². The van der Waals surface area contributed by atoms with Gasteiger partial charge in [-0.05, 0) is 44.4 Å². The predicted octanol–water partition coefficient (Wildman–Crippen LogP) is 4.75. The van der Waals surface area contributed by atoms with Crippen molar-refractivity contribution in [3.05, 3.63) is 36.0 Å². The van der Waals surface area contributed by atoms with E-state index in [0.29, 0.717) is 5.92 Å². The topological polar surface area (TPSA) is 0 Å². The van der Waals surface area contributed by atoms with E-state index in [4.69, 9.17) is 0 Å². The first-order chi connectivity index (χ1) is 7.13. The van der Waals surface area contributed by atoms with E-state index < -0.39 is 0 Å². The van der Waals surface area contributed by atoms with E-state index in [-0.39, 0.29) is 0 Å². The Morgan fingerprint density at radius 2 is 2.07 bits per heavy atom. The minimum atomic E-state index is 0.670. The smallest absolute Gasteiger partial charge is 0.0173 e. The summed E-state index contributed by atoms with van der Waals surface area (Å²) in [6.45, 7) is 8.87. The molecule has 0 aromatic heterocycles. The molecule has 3 atom stereocenters. The Morgan fingerprint density at radius 3 is 2.60 bits per heavy atom. The molecule has 0 fully saturated rings. The average molecular weight is 204 g/mol. The first kappa shape index (κ1) is 12.3. The third-order valence-corrected chi connectivity index (χ3v) is 3.44. The molecule has 0 N–H and O–H groups in total. The number of rotatable bonds is 3. The van der Waals surface area contributed by atoms with Crippen molar-refractivity contribution in [2.24, 2.45) is 17.8 Å². The number of hydrogen-bond donors (Lipinski definition) is 0. The maximum absolute atomic E-state index is 2.41.